The second-order valence-corrected chi connectivity index (χ2v) is 3.69. The molecule has 70 valence electrons. The summed E-state index contributed by atoms with van der Waals surface area (Å²) in [6, 6.07) is 0.0961. The van der Waals surface area contributed by atoms with Gasteiger partial charge in [0.05, 0.1) is 12.5 Å². The van der Waals surface area contributed by atoms with Gasteiger partial charge in [-0.05, 0) is 24.8 Å². The van der Waals surface area contributed by atoms with Crippen molar-refractivity contribution in [3.63, 3.8) is 0 Å². The monoisotopic (exact) mass is 179 g/mol. The lowest BCUT2D eigenvalue weighted by molar-refractivity contribution is -0.142. The standard InChI is InChI=1S/C10H13NO2/c1-7(12)11-9-5-3-2-4-8(9)6-10(11)13/h4,9H,2-3,5-6H2,1H3/t9-/m1/s1. The minimum Gasteiger partial charge on any atom is -0.275 e. The molecule has 13 heavy (non-hydrogen) atoms. The maximum atomic E-state index is 11.4. The summed E-state index contributed by atoms with van der Waals surface area (Å²) in [4.78, 5) is 24.1. The van der Waals surface area contributed by atoms with Gasteiger partial charge in [-0.1, -0.05) is 6.08 Å². The van der Waals surface area contributed by atoms with Crippen LogP contribution in [0.5, 0.6) is 0 Å². The van der Waals surface area contributed by atoms with Crippen LogP contribution in [0.3, 0.4) is 0 Å². The molecule has 1 saturated heterocycles. The van der Waals surface area contributed by atoms with Crippen molar-refractivity contribution >= 4 is 11.8 Å². The van der Waals surface area contributed by atoms with E-state index in [0.29, 0.717) is 6.42 Å². The van der Waals surface area contributed by atoms with E-state index in [1.54, 1.807) is 0 Å². The molecule has 1 atom stereocenters. The molecule has 2 amide bonds. The Bertz CT molecular complexity index is 293. The second-order valence-electron chi connectivity index (χ2n) is 3.69. The number of hydrogen-bond acceptors (Lipinski definition) is 2. The van der Waals surface area contributed by atoms with Gasteiger partial charge in [0.15, 0.2) is 0 Å². The molecule has 0 aromatic heterocycles. The number of carbonyl (C=O) groups is 2. The van der Waals surface area contributed by atoms with Gasteiger partial charge in [-0.2, -0.15) is 0 Å². The molecule has 1 aliphatic carbocycles. The third-order valence-electron chi connectivity index (χ3n) is 2.79. The molecular formula is C10H13NO2. The second kappa shape index (κ2) is 2.98. The average Bonchev–Trinajstić information content (AvgIpc) is 2.39. The number of imide groups is 1. The van der Waals surface area contributed by atoms with E-state index in [0.717, 1.165) is 24.8 Å². The first-order chi connectivity index (χ1) is 6.20. The number of hydrogen-bond donors (Lipinski definition) is 0. The molecule has 1 fully saturated rings. The van der Waals surface area contributed by atoms with Gasteiger partial charge in [-0.15, -0.1) is 0 Å². The van der Waals surface area contributed by atoms with E-state index in [2.05, 4.69) is 6.08 Å². The normalized spacial score (nSPS) is 27.2. The maximum absolute atomic E-state index is 11.4. The number of amides is 2. The van der Waals surface area contributed by atoms with Crippen molar-refractivity contribution in [1.29, 1.82) is 0 Å². The highest BCUT2D eigenvalue weighted by Gasteiger charge is 2.38. The Labute approximate surface area is 77.4 Å². The first-order valence-electron chi connectivity index (χ1n) is 4.71. The fourth-order valence-corrected chi connectivity index (χ4v) is 2.23. The van der Waals surface area contributed by atoms with Gasteiger partial charge < -0.3 is 0 Å². The Morgan fingerprint density at radius 3 is 3.08 bits per heavy atom. The van der Waals surface area contributed by atoms with Crippen molar-refractivity contribution in [1.82, 2.24) is 4.90 Å². The number of rotatable bonds is 0. The number of likely N-dealkylation sites (tertiary alicyclic amines) is 1. The van der Waals surface area contributed by atoms with E-state index in [9.17, 15) is 9.59 Å². The van der Waals surface area contributed by atoms with Crippen LogP contribution >= 0.6 is 0 Å². The van der Waals surface area contributed by atoms with Gasteiger partial charge in [0.1, 0.15) is 0 Å². The zero-order valence-electron chi connectivity index (χ0n) is 7.75. The Morgan fingerprint density at radius 2 is 2.38 bits per heavy atom. The van der Waals surface area contributed by atoms with E-state index >= 15 is 0 Å². The van der Waals surface area contributed by atoms with Gasteiger partial charge in [0.25, 0.3) is 0 Å². The predicted octanol–water partition coefficient (Wildman–Crippen LogP) is 1.24. The summed E-state index contributed by atoms with van der Waals surface area (Å²) in [6.45, 7) is 1.47. The van der Waals surface area contributed by atoms with Crippen LogP contribution < -0.4 is 0 Å². The molecule has 3 heteroatoms. The molecule has 2 rings (SSSR count). The first-order valence-corrected chi connectivity index (χ1v) is 4.71. The van der Waals surface area contributed by atoms with Gasteiger partial charge in [0.2, 0.25) is 11.8 Å². The van der Waals surface area contributed by atoms with Crippen LogP contribution in [0.4, 0.5) is 0 Å². The Balaban J connectivity index is 2.29. The first kappa shape index (κ1) is 8.48. The number of carbonyl (C=O) groups excluding carboxylic acids is 2. The molecule has 0 bridgehead atoms. The van der Waals surface area contributed by atoms with E-state index in [1.807, 2.05) is 0 Å². The van der Waals surface area contributed by atoms with Gasteiger partial charge in [-0.25, -0.2) is 0 Å². The van der Waals surface area contributed by atoms with Crippen LogP contribution in [-0.2, 0) is 9.59 Å². The topological polar surface area (TPSA) is 37.4 Å². The summed E-state index contributed by atoms with van der Waals surface area (Å²) in [7, 11) is 0. The van der Waals surface area contributed by atoms with E-state index in [4.69, 9.17) is 0 Å². The molecule has 0 radical (unpaired) electrons. The molecule has 0 spiro atoms. The highest BCUT2D eigenvalue weighted by molar-refractivity contribution is 5.98. The molecule has 0 N–H and O–H groups in total. The van der Waals surface area contributed by atoms with Crippen molar-refractivity contribution < 1.29 is 9.59 Å². The highest BCUT2D eigenvalue weighted by atomic mass is 16.2. The number of nitrogens with zero attached hydrogens (tertiary/aromatic N) is 1. The van der Waals surface area contributed by atoms with Gasteiger partial charge in [0, 0.05) is 6.92 Å². The van der Waals surface area contributed by atoms with E-state index in [1.165, 1.54) is 11.8 Å². The molecule has 0 aromatic rings. The molecule has 1 heterocycles. The van der Waals surface area contributed by atoms with Crippen LogP contribution in [0.15, 0.2) is 11.6 Å². The summed E-state index contributed by atoms with van der Waals surface area (Å²) in [5, 5.41) is 0. The lowest BCUT2D eigenvalue weighted by atomic mass is 9.95. The van der Waals surface area contributed by atoms with Crippen molar-refractivity contribution in [2.75, 3.05) is 0 Å². The van der Waals surface area contributed by atoms with Crippen molar-refractivity contribution in [3.05, 3.63) is 11.6 Å². The average molecular weight is 179 g/mol. The Kier molecular flexibility index (Phi) is 1.94. The molecule has 3 nitrogen and oxygen atoms in total. The Hall–Kier alpha value is -1.12. The molecule has 2 aliphatic rings. The molecule has 0 aromatic carbocycles. The van der Waals surface area contributed by atoms with Crippen molar-refractivity contribution in [3.8, 4) is 0 Å². The van der Waals surface area contributed by atoms with Gasteiger partial charge >= 0.3 is 0 Å². The molecule has 0 saturated carbocycles. The smallest absolute Gasteiger partial charge is 0.233 e. The van der Waals surface area contributed by atoms with Crippen LogP contribution in [0.25, 0.3) is 0 Å². The molecule has 1 aliphatic heterocycles. The van der Waals surface area contributed by atoms with Crippen LogP contribution in [-0.4, -0.2) is 22.8 Å². The third kappa shape index (κ3) is 1.28. The summed E-state index contributed by atoms with van der Waals surface area (Å²) >= 11 is 0. The lowest BCUT2D eigenvalue weighted by Gasteiger charge is -2.24. The van der Waals surface area contributed by atoms with Crippen LogP contribution in [0, 0.1) is 0 Å². The van der Waals surface area contributed by atoms with Crippen LogP contribution in [0.1, 0.15) is 32.6 Å². The van der Waals surface area contributed by atoms with Gasteiger partial charge in [-0.3, -0.25) is 14.5 Å². The maximum Gasteiger partial charge on any atom is 0.233 e. The fraction of sp³-hybridized carbons (Fsp3) is 0.600. The van der Waals surface area contributed by atoms with E-state index in [-0.39, 0.29) is 17.9 Å². The largest absolute Gasteiger partial charge is 0.275 e. The molecular weight excluding hydrogens is 166 g/mol. The SMILES string of the molecule is CC(=O)N1C(=O)CC2=CCCC[C@H]21. The molecule has 0 unspecified atom stereocenters. The summed E-state index contributed by atoms with van der Waals surface area (Å²) in [5.41, 5.74) is 1.16. The zero-order chi connectivity index (χ0) is 9.42. The van der Waals surface area contributed by atoms with Crippen molar-refractivity contribution in [2.24, 2.45) is 0 Å². The quantitative estimate of drug-likeness (QED) is 0.525. The highest BCUT2D eigenvalue weighted by Crippen LogP contribution is 2.32. The third-order valence-corrected chi connectivity index (χ3v) is 2.79. The summed E-state index contributed by atoms with van der Waals surface area (Å²) < 4.78 is 0. The number of allylic oxidation sites excluding steroid dienone is 1. The number of fused-ring (bicyclic) bond motifs is 1. The minimum atomic E-state index is -0.111. The lowest BCUT2D eigenvalue weighted by Crippen LogP contribution is -2.37. The van der Waals surface area contributed by atoms with Crippen LogP contribution in [0.2, 0.25) is 0 Å². The summed E-state index contributed by atoms with van der Waals surface area (Å²) in [5.74, 6) is -0.133. The predicted molar refractivity (Wildman–Crippen MR) is 47.9 cm³/mol. The fourth-order valence-electron chi connectivity index (χ4n) is 2.23. The zero-order valence-corrected chi connectivity index (χ0v) is 7.75. The van der Waals surface area contributed by atoms with E-state index < -0.39 is 0 Å². The van der Waals surface area contributed by atoms with Crippen molar-refractivity contribution in [2.45, 2.75) is 38.6 Å². The Morgan fingerprint density at radius 1 is 1.62 bits per heavy atom. The summed E-state index contributed by atoms with van der Waals surface area (Å²) in [6.07, 6.45) is 5.69. The minimum absolute atomic E-state index is 0.0225.